The Morgan fingerprint density at radius 2 is 1.89 bits per heavy atom. The Bertz CT molecular complexity index is 1630. The molecular formula is C35H42N8O3. The molecule has 0 saturated carbocycles. The number of anilines is 2. The summed E-state index contributed by atoms with van der Waals surface area (Å²) in [5.74, 6) is 0.381. The van der Waals surface area contributed by atoms with Crippen molar-refractivity contribution in [1.29, 1.82) is 10.8 Å². The number of nitrogen functional groups attached to an aromatic ring is 1. The minimum absolute atomic E-state index is 0.0879. The van der Waals surface area contributed by atoms with Crippen LogP contribution in [0.1, 0.15) is 42.4 Å². The van der Waals surface area contributed by atoms with E-state index in [-0.39, 0.29) is 17.6 Å². The van der Waals surface area contributed by atoms with Gasteiger partial charge in [-0.05, 0) is 67.1 Å². The predicted octanol–water partition coefficient (Wildman–Crippen LogP) is 3.30. The number of nitrogens with one attached hydrogen (secondary N) is 3. The molecule has 1 spiro atoms. The number of aliphatic imine (C=N–C) groups is 1. The molecular weight excluding hydrogens is 580 g/mol. The molecule has 4 heterocycles. The monoisotopic (exact) mass is 622 g/mol. The first-order chi connectivity index (χ1) is 22.3. The molecule has 11 heteroatoms. The molecule has 0 aliphatic carbocycles. The number of amides is 2. The smallest absolute Gasteiger partial charge is 0.237 e. The molecule has 0 aromatic heterocycles. The van der Waals surface area contributed by atoms with Gasteiger partial charge in [-0.25, -0.2) is 4.99 Å². The summed E-state index contributed by atoms with van der Waals surface area (Å²) in [6.45, 7) is 4.51. The van der Waals surface area contributed by atoms with Crippen LogP contribution in [0.25, 0.3) is 5.57 Å². The molecule has 0 radical (unpaired) electrons. The van der Waals surface area contributed by atoms with Gasteiger partial charge in [0.2, 0.25) is 11.8 Å². The average Bonchev–Trinajstić information content (AvgIpc) is 3.65. The molecule has 240 valence electrons. The molecule has 1 atom stereocenters. The maximum absolute atomic E-state index is 13.9. The molecule has 0 unspecified atom stereocenters. The van der Waals surface area contributed by atoms with Gasteiger partial charge in [0.15, 0.2) is 5.84 Å². The number of benzene rings is 2. The molecule has 6 rings (SSSR count). The number of nitrogens with two attached hydrogens (primary N) is 1. The zero-order valence-corrected chi connectivity index (χ0v) is 26.3. The van der Waals surface area contributed by atoms with E-state index in [4.69, 9.17) is 21.3 Å². The molecule has 0 bridgehead atoms. The van der Waals surface area contributed by atoms with E-state index in [2.05, 4.69) is 21.3 Å². The molecule has 2 fully saturated rings. The first-order valence-electron chi connectivity index (χ1n) is 15.9. The standard InChI is InChI=1S/C35H42N8O3/c1-39-23-40-33(38)27-4-2-24(3-5-27)25-8-14-42(15-9-25)31(44)21-41-16-12-35(22-41)13-17-43(34(35)45)28-6-7-30(36)29(20-28)32(37)26-10-18-46-19-11-26/h2-8,10,20,23,37H,9,11-19,21-22,36H2,1H3,(H2,38,39,40)/t35-/m0/s1. The van der Waals surface area contributed by atoms with E-state index in [0.29, 0.717) is 75.9 Å². The van der Waals surface area contributed by atoms with Crippen LogP contribution in [0.4, 0.5) is 11.4 Å². The van der Waals surface area contributed by atoms with Gasteiger partial charge in [0.25, 0.3) is 0 Å². The van der Waals surface area contributed by atoms with Crippen molar-refractivity contribution < 1.29 is 14.3 Å². The Balaban J connectivity index is 1.04. The summed E-state index contributed by atoms with van der Waals surface area (Å²) in [6.07, 6.45) is 8.45. The Kier molecular flexibility index (Phi) is 9.14. The van der Waals surface area contributed by atoms with Gasteiger partial charge in [0.05, 0.1) is 37.2 Å². The van der Waals surface area contributed by atoms with Crippen molar-refractivity contribution in [1.82, 2.24) is 15.1 Å². The van der Waals surface area contributed by atoms with Crippen LogP contribution >= 0.6 is 0 Å². The highest BCUT2D eigenvalue weighted by molar-refractivity contribution is 6.14. The zero-order valence-electron chi connectivity index (χ0n) is 26.3. The number of carbonyl (C=O) groups is 2. The molecule has 11 nitrogen and oxygen atoms in total. The second-order valence-electron chi connectivity index (χ2n) is 12.4. The van der Waals surface area contributed by atoms with Crippen LogP contribution in [-0.4, -0.2) is 99.0 Å². The van der Waals surface area contributed by atoms with E-state index < -0.39 is 5.41 Å². The summed E-state index contributed by atoms with van der Waals surface area (Å²) in [7, 11) is 1.75. The second-order valence-corrected chi connectivity index (χ2v) is 12.4. The van der Waals surface area contributed by atoms with Crippen LogP contribution < -0.4 is 16.0 Å². The lowest BCUT2D eigenvalue weighted by Gasteiger charge is -2.29. The van der Waals surface area contributed by atoms with Crippen molar-refractivity contribution in [2.24, 2.45) is 10.4 Å². The van der Waals surface area contributed by atoms with Gasteiger partial charge < -0.3 is 25.6 Å². The number of carbonyl (C=O) groups excluding carboxylic acids is 2. The summed E-state index contributed by atoms with van der Waals surface area (Å²) in [6, 6.07) is 13.4. The van der Waals surface area contributed by atoms with Crippen molar-refractivity contribution in [2.75, 3.05) is 70.2 Å². The number of hydrogen-bond acceptors (Lipinski definition) is 7. The van der Waals surface area contributed by atoms with Gasteiger partial charge in [-0.3, -0.25) is 25.3 Å². The molecule has 5 N–H and O–H groups in total. The van der Waals surface area contributed by atoms with Gasteiger partial charge >= 0.3 is 0 Å². The number of rotatable bonds is 8. The highest BCUT2D eigenvalue weighted by Gasteiger charge is 2.51. The largest absolute Gasteiger partial charge is 0.398 e. The van der Waals surface area contributed by atoms with Crippen molar-refractivity contribution >= 4 is 46.6 Å². The van der Waals surface area contributed by atoms with Crippen molar-refractivity contribution in [3.63, 3.8) is 0 Å². The third-order valence-corrected chi connectivity index (χ3v) is 9.62. The van der Waals surface area contributed by atoms with Crippen LogP contribution in [0, 0.1) is 16.2 Å². The van der Waals surface area contributed by atoms with Gasteiger partial charge in [-0.2, -0.15) is 0 Å². The molecule has 2 saturated heterocycles. The Hall–Kier alpha value is -4.61. The number of likely N-dealkylation sites (tertiary alicyclic amines) is 1. The normalized spacial score (nSPS) is 22.0. The highest BCUT2D eigenvalue weighted by Crippen LogP contribution is 2.43. The van der Waals surface area contributed by atoms with Crippen LogP contribution in [-0.2, 0) is 14.3 Å². The lowest BCUT2D eigenvalue weighted by Crippen LogP contribution is -2.43. The summed E-state index contributed by atoms with van der Waals surface area (Å²) in [5.41, 5.74) is 12.1. The minimum Gasteiger partial charge on any atom is -0.398 e. The van der Waals surface area contributed by atoms with Crippen LogP contribution in [0.3, 0.4) is 0 Å². The fraction of sp³-hybridized carbons (Fsp3) is 0.400. The third kappa shape index (κ3) is 6.38. The third-order valence-electron chi connectivity index (χ3n) is 9.62. The van der Waals surface area contributed by atoms with Gasteiger partial charge in [-0.15, -0.1) is 0 Å². The van der Waals surface area contributed by atoms with E-state index in [1.165, 1.54) is 11.9 Å². The van der Waals surface area contributed by atoms with Crippen LogP contribution in [0.2, 0.25) is 0 Å². The van der Waals surface area contributed by atoms with E-state index in [1.54, 1.807) is 13.1 Å². The topological polar surface area (TPSA) is 151 Å². The van der Waals surface area contributed by atoms with Gasteiger partial charge in [0.1, 0.15) is 0 Å². The number of ether oxygens (including phenoxy) is 1. The average molecular weight is 623 g/mol. The zero-order chi connectivity index (χ0) is 32.3. The fourth-order valence-electron chi connectivity index (χ4n) is 6.89. The van der Waals surface area contributed by atoms with Crippen molar-refractivity contribution in [2.45, 2.75) is 25.7 Å². The Morgan fingerprint density at radius 1 is 1.09 bits per heavy atom. The molecule has 2 aromatic carbocycles. The summed E-state index contributed by atoms with van der Waals surface area (Å²) in [4.78, 5) is 37.1. The maximum Gasteiger partial charge on any atom is 0.237 e. The first-order valence-corrected chi connectivity index (χ1v) is 15.9. The van der Waals surface area contributed by atoms with E-state index in [9.17, 15) is 9.59 Å². The molecule has 46 heavy (non-hydrogen) atoms. The highest BCUT2D eigenvalue weighted by atomic mass is 16.5. The lowest BCUT2D eigenvalue weighted by atomic mass is 9.85. The molecule has 2 aromatic rings. The van der Waals surface area contributed by atoms with Gasteiger partial charge in [-0.1, -0.05) is 36.4 Å². The number of nitrogens with zero attached hydrogens (tertiary/aromatic N) is 4. The van der Waals surface area contributed by atoms with E-state index >= 15 is 0 Å². The Labute approximate surface area is 269 Å². The fourth-order valence-corrected chi connectivity index (χ4v) is 6.89. The lowest BCUT2D eigenvalue weighted by molar-refractivity contribution is -0.132. The number of amidine groups is 1. The first kappa shape index (κ1) is 31.4. The van der Waals surface area contributed by atoms with Crippen molar-refractivity contribution in [3.8, 4) is 0 Å². The SMILES string of the molecule is CN/C=N\C(=N)c1ccc(C2=CCN(C(=O)CN3CC[C@]4(CCN(c5ccc(N)c(C(=N)C6=CCOCC6)c5)C4=O)C3)CC2)cc1. The Morgan fingerprint density at radius 3 is 2.61 bits per heavy atom. The summed E-state index contributed by atoms with van der Waals surface area (Å²) in [5, 5.41) is 19.6. The van der Waals surface area contributed by atoms with Crippen LogP contribution in [0.15, 0.2) is 65.2 Å². The maximum atomic E-state index is 13.9. The van der Waals surface area contributed by atoms with Crippen LogP contribution in [0.5, 0.6) is 0 Å². The van der Waals surface area contributed by atoms with E-state index in [1.807, 2.05) is 52.3 Å². The molecule has 4 aliphatic heterocycles. The summed E-state index contributed by atoms with van der Waals surface area (Å²) >= 11 is 0. The second kappa shape index (κ2) is 13.4. The van der Waals surface area contributed by atoms with Crippen molar-refractivity contribution in [3.05, 3.63) is 76.9 Å². The number of hydrogen-bond donors (Lipinski definition) is 4. The van der Waals surface area contributed by atoms with E-state index in [0.717, 1.165) is 41.6 Å². The minimum atomic E-state index is -0.492. The van der Waals surface area contributed by atoms with Gasteiger partial charge in [0, 0.05) is 55.7 Å². The summed E-state index contributed by atoms with van der Waals surface area (Å²) < 4.78 is 5.40. The predicted molar refractivity (Wildman–Crippen MR) is 182 cm³/mol. The molecule has 2 amide bonds. The molecule has 4 aliphatic rings. The quantitative estimate of drug-likeness (QED) is 0.202.